The Morgan fingerprint density at radius 2 is 0.619 bits per heavy atom. The molecule has 0 spiro atoms. The molecule has 0 aliphatic heterocycles. The Hall–Kier alpha value is -0.632. The number of hydrogen-bond acceptors (Lipinski definition) is 4. The van der Waals surface area contributed by atoms with E-state index in [1.807, 2.05) is 0 Å². The first-order chi connectivity index (χ1) is 29.5. The summed E-state index contributed by atoms with van der Waals surface area (Å²) in [6, 6.07) is 13.3. The van der Waals surface area contributed by atoms with Gasteiger partial charge in [0.05, 0.1) is 24.7 Å². The predicted molar refractivity (Wildman–Crippen MR) is 278 cm³/mol. The Balaban J connectivity index is 0.0000198. The average Bonchev–Trinajstić information content (AvgIpc) is 3.21. The fraction of sp³-hybridized carbons (Fsp3) is 0.768. The van der Waals surface area contributed by atoms with Crippen LogP contribution < -0.4 is 9.47 Å². The van der Waals surface area contributed by atoms with Crippen LogP contribution in [-0.4, -0.2) is 43.1 Å². The molecule has 2 aromatic rings. The Labute approximate surface area is 419 Å². The van der Waals surface area contributed by atoms with E-state index in [0.717, 1.165) is 50.8 Å². The molecule has 0 aromatic heterocycles. The first-order valence-electron chi connectivity index (χ1n) is 26.1. The molecule has 2 aromatic carbocycles. The van der Waals surface area contributed by atoms with E-state index in [4.69, 9.17) is 18.3 Å². The van der Waals surface area contributed by atoms with Crippen LogP contribution in [0.1, 0.15) is 228 Å². The van der Waals surface area contributed by atoms with Crippen molar-refractivity contribution in [1.82, 2.24) is 0 Å². The van der Waals surface area contributed by atoms with E-state index < -0.39 is 16.6 Å². The average molecular weight is 983 g/mol. The maximum Gasteiger partial charge on any atom is 0.200 e. The summed E-state index contributed by atoms with van der Waals surface area (Å²) in [6.07, 6.45) is 23.1. The Bertz CT molecular complexity index is 1310. The van der Waals surface area contributed by atoms with Gasteiger partial charge < -0.3 is 18.3 Å². The van der Waals surface area contributed by atoms with Crippen LogP contribution in [0.4, 0.5) is 0 Å². The van der Waals surface area contributed by atoms with Gasteiger partial charge in [0.2, 0.25) is 0 Å². The molecule has 63 heavy (non-hydrogen) atoms. The van der Waals surface area contributed by atoms with Gasteiger partial charge in [0.15, 0.2) is 16.6 Å². The van der Waals surface area contributed by atoms with Crippen molar-refractivity contribution in [2.24, 2.45) is 0 Å². The summed E-state index contributed by atoms with van der Waals surface area (Å²) in [4.78, 5) is 0. The zero-order chi connectivity index (χ0) is 46.1. The molecule has 0 bridgehead atoms. The smallest absolute Gasteiger partial charge is 0.200 e. The van der Waals surface area contributed by atoms with Crippen molar-refractivity contribution in [2.75, 3.05) is 26.4 Å². The molecule has 4 nitrogen and oxygen atoms in total. The van der Waals surface area contributed by atoms with Gasteiger partial charge in [-0.25, -0.2) is 0 Å². The van der Waals surface area contributed by atoms with E-state index in [-0.39, 0.29) is 32.7 Å². The second-order valence-electron chi connectivity index (χ2n) is 21.0. The van der Waals surface area contributed by atoms with E-state index in [1.54, 1.807) is 0 Å². The van der Waals surface area contributed by atoms with Crippen LogP contribution in [0.2, 0.25) is 33.2 Å². The standard InChI is InChI=1S/C56H101O4Si2.Y/c1-44(2)61(45(3)4,46(5)6)59-40-32-28-24-20-16-18-22-26-30-38-57-55-42-53(36-34-50(55)13)52(15)54-37-35-51(14)56(43-54)58-39-31-27-23-19-17-21-25-29-33-41-60-62(47(7)8,48(9)10)49(11)12;/h34-37,42-49H,16-33,38-41H2,1-15H3;/q-1;. The Morgan fingerprint density at radius 1 is 0.381 bits per heavy atom. The number of rotatable bonds is 36. The molecular formula is C56H101O4Si2Y-. The van der Waals surface area contributed by atoms with E-state index >= 15 is 0 Å². The van der Waals surface area contributed by atoms with Crippen molar-refractivity contribution in [3.05, 3.63) is 64.6 Å². The third-order valence-electron chi connectivity index (χ3n) is 14.5. The molecule has 1 radical (unpaired) electrons. The molecule has 0 saturated heterocycles. The SMILES string of the molecule is Cc1ccc([C-](C)c2ccc(C)c(OCCCCCCCCCCCO[Si](C(C)C)(C(C)C)C(C)C)c2)cc1OCCCCCCCCCCCO[Si](C(C)C)(C(C)C)C(C)C.[Y]. The summed E-state index contributed by atoms with van der Waals surface area (Å²) in [7, 11) is -3.42. The predicted octanol–water partition coefficient (Wildman–Crippen LogP) is 18.5. The van der Waals surface area contributed by atoms with Crippen molar-refractivity contribution < 1.29 is 51.0 Å². The second kappa shape index (κ2) is 33.0. The van der Waals surface area contributed by atoms with E-state index in [9.17, 15) is 0 Å². The van der Waals surface area contributed by atoms with Crippen LogP contribution >= 0.6 is 0 Å². The molecule has 0 aliphatic carbocycles. The minimum absolute atomic E-state index is 0. The largest absolute Gasteiger partial charge is 0.501 e. The van der Waals surface area contributed by atoms with Gasteiger partial charge in [-0.3, -0.25) is 0 Å². The van der Waals surface area contributed by atoms with Crippen LogP contribution in [0.25, 0.3) is 0 Å². The van der Waals surface area contributed by atoms with Crippen LogP contribution in [-0.2, 0) is 41.6 Å². The number of ether oxygens (including phenoxy) is 2. The minimum Gasteiger partial charge on any atom is -0.501 e. The van der Waals surface area contributed by atoms with Crippen molar-refractivity contribution in [3.63, 3.8) is 0 Å². The van der Waals surface area contributed by atoms with Crippen LogP contribution in [0, 0.1) is 19.8 Å². The third kappa shape index (κ3) is 20.2. The number of hydrogen-bond donors (Lipinski definition) is 0. The summed E-state index contributed by atoms with van der Waals surface area (Å²) < 4.78 is 26.2. The maximum atomic E-state index is 6.75. The molecule has 0 heterocycles. The summed E-state index contributed by atoms with van der Waals surface area (Å²) in [5, 5.41) is 0. The first kappa shape index (κ1) is 60.4. The molecule has 7 heteroatoms. The number of aryl methyl sites for hydroxylation is 2. The van der Waals surface area contributed by atoms with Crippen LogP contribution in [0.5, 0.6) is 11.5 Å². The van der Waals surface area contributed by atoms with Gasteiger partial charge >= 0.3 is 0 Å². The zero-order valence-corrected chi connectivity index (χ0v) is 49.0. The van der Waals surface area contributed by atoms with Gasteiger partial charge in [0.25, 0.3) is 0 Å². The molecular weight excluding hydrogens is 882 g/mol. The monoisotopic (exact) mass is 983 g/mol. The zero-order valence-electron chi connectivity index (χ0n) is 44.2. The van der Waals surface area contributed by atoms with E-state index in [1.165, 1.54) is 131 Å². The molecule has 0 N–H and O–H groups in total. The van der Waals surface area contributed by atoms with Gasteiger partial charge in [0, 0.05) is 45.9 Å². The molecule has 0 amide bonds. The van der Waals surface area contributed by atoms with Crippen molar-refractivity contribution in [1.29, 1.82) is 0 Å². The molecule has 0 aliphatic rings. The van der Waals surface area contributed by atoms with Gasteiger partial charge in [-0.15, -0.1) is 29.2 Å². The van der Waals surface area contributed by atoms with Crippen molar-refractivity contribution in [3.8, 4) is 11.5 Å². The summed E-state index contributed by atoms with van der Waals surface area (Å²) in [6.45, 7) is 38.6. The first-order valence-corrected chi connectivity index (χ1v) is 30.4. The van der Waals surface area contributed by atoms with Gasteiger partial charge in [-0.2, -0.15) is 0 Å². The molecule has 0 fully saturated rings. The molecule has 0 unspecified atom stereocenters. The number of unbranched alkanes of at least 4 members (excludes halogenated alkanes) is 16. The Morgan fingerprint density at radius 3 is 0.873 bits per heavy atom. The molecule has 0 atom stereocenters. The van der Waals surface area contributed by atoms with Gasteiger partial charge in [-0.1, -0.05) is 204 Å². The van der Waals surface area contributed by atoms with Crippen molar-refractivity contribution in [2.45, 2.75) is 253 Å². The van der Waals surface area contributed by atoms with Crippen molar-refractivity contribution >= 4 is 16.6 Å². The quantitative estimate of drug-likeness (QED) is 0.0387. The Kier molecular flexibility index (Phi) is 31.6. The third-order valence-corrected chi connectivity index (χ3v) is 26.7. The van der Waals surface area contributed by atoms with Gasteiger partial charge in [-0.05, 0) is 83.9 Å². The normalized spacial score (nSPS) is 12.4. The summed E-state index contributed by atoms with van der Waals surface area (Å²) >= 11 is 0. The molecule has 361 valence electrons. The number of benzene rings is 2. The summed E-state index contributed by atoms with van der Waals surface area (Å²) in [5.41, 5.74) is 8.88. The maximum absolute atomic E-state index is 6.75. The topological polar surface area (TPSA) is 36.9 Å². The van der Waals surface area contributed by atoms with Crippen LogP contribution in [0.3, 0.4) is 0 Å². The minimum atomic E-state index is -1.71. The van der Waals surface area contributed by atoms with Gasteiger partial charge in [0.1, 0.15) is 0 Å². The van der Waals surface area contributed by atoms with Crippen LogP contribution in [0.15, 0.2) is 36.4 Å². The molecule has 2 rings (SSSR count). The fourth-order valence-corrected chi connectivity index (χ4v) is 21.9. The fourth-order valence-electron chi connectivity index (χ4n) is 10.9. The van der Waals surface area contributed by atoms with E-state index in [0.29, 0.717) is 33.2 Å². The second-order valence-corrected chi connectivity index (χ2v) is 31.9. The molecule has 0 saturated carbocycles. The summed E-state index contributed by atoms with van der Waals surface area (Å²) in [5.74, 6) is 3.28. The van der Waals surface area contributed by atoms with E-state index in [2.05, 4.69) is 140 Å².